The van der Waals surface area contributed by atoms with Crippen molar-refractivity contribution < 1.29 is 10.2 Å². The van der Waals surface area contributed by atoms with Gasteiger partial charge in [-0.2, -0.15) is 0 Å². The largest absolute Gasteiger partial charge is 0.507 e. The maximum absolute atomic E-state index is 10.0. The highest BCUT2D eigenvalue weighted by atomic mass is 79.9. The smallest absolute Gasteiger partial charge is 0.123 e. The highest BCUT2D eigenvalue weighted by molar-refractivity contribution is 9.10. The van der Waals surface area contributed by atoms with Crippen LogP contribution >= 0.6 is 15.9 Å². The van der Waals surface area contributed by atoms with Crippen LogP contribution in [0.3, 0.4) is 0 Å². The molecule has 0 fully saturated rings. The van der Waals surface area contributed by atoms with Gasteiger partial charge < -0.3 is 10.2 Å². The molecule has 0 aliphatic heterocycles. The molecule has 0 atom stereocenters. The molecule has 21 heavy (non-hydrogen) atoms. The van der Waals surface area contributed by atoms with E-state index in [2.05, 4.69) is 15.9 Å². The third-order valence-electron chi connectivity index (χ3n) is 3.33. The Bertz CT molecular complexity index is 733. The molecule has 2 nitrogen and oxygen atoms in total. The fourth-order valence-corrected chi connectivity index (χ4v) is 2.83. The molecule has 0 bridgehead atoms. The summed E-state index contributed by atoms with van der Waals surface area (Å²) in [6.07, 6.45) is 0. The summed E-state index contributed by atoms with van der Waals surface area (Å²) in [7, 11) is 0. The number of hydrogen-bond acceptors (Lipinski definition) is 2. The van der Waals surface area contributed by atoms with Crippen LogP contribution in [-0.4, -0.2) is 10.2 Å². The summed E-state index contributed by atoms with van der Waals surface area (Å²) in [5, 5.41) is 20.0. The molecule has 104 valence electrons. The first-order valence-corrected chi connectivity index (χ1v) is 7.32. The van der Waals surface area contributed by atoms with E-state index in [0.29, 0.717) is 0 Å². The maximum Gasteiger partial charge on any atom is 0.123 e. The highest BCUT2D eigenvalue weighted by Gasteiger charge is 2.09. The van der Waals surface area contributed by atoms with Gasteiger partial charge >= 0.3 is 0 Å². The van der Waals surface area contributed by atoms with Crippen molar-refractivity contribution in [3.05, 3.63) is 71.2 Å². The second-order valence-corrected chi connectivity index (χ2v) is 5.68. The zero-order valence-corrected chi connectivity index (χ0v) is 12.7. The number of aromatic hydroxyl groups is 2. The molecular weight excluding hydrogens is 328 g/mol. The lowest BCUT2D eigenvalue weighted by molar-refractivity contribution is 0.477. The van der Waals surface area contributed by atoms with Gasteiger partial charge in [-0.15, -0.1) is 0 Å². The van der Waals surface area contributed by atoms with Crippen molar-refractivity contribution in [2.75, 3.05) is 0 Å². The fourth-order valence-electron chi connectivity index (χ4n) is 2.34. The van der Waals surface area contributed by atoms with E-state index in [1.165, 1.54) is 0 Å². The second-order valence-electron chi connectivity index (χ2n) is 4.76. The Hall–Kier alpha value is -2.26. The van der Waals surface area contributed by atoms with Gasteiger partial charge in [-0.25, -0.2) is 0 Å². The Morgan fingerprint density at radius 3 is 1.48 bits per heavy atom. The molecule has 0 amide bonds. The molecule has 0 spiro atoms. The SMILES string of the molecule is Oc1ccccc1-c1cc(Br)cc(-c2ccccc2O)c1. The van der Waals surface area contributed by atoms with E-state index in [9.17, 15) is 10.2 Å². The minimum Gasteiger partial charge on any atom is -0.507 e. The average Bonchev–Trinajstić information content (AvgIpc) is 2.47. The molecule has 2 N–H and O–H groups in total. The van der Waals surface area contributed by atoms with Crippen molar-refractivity contribution in [3.63, 3.8) is 0 Å². The highest BCUT2D eigenvalue weighted by Crippen LogP contribution is 2.36. The van der Waals surface area contributed by atoms with E-state index < -0.39 is 0 Å². The van der Waals surface area contributed by atoms with Crippen molar-refractivity contribution in [2.45, 2.75) is 0 Å². The number of halogens is 1. The zero-order valence-electron chi connectivity index (χ0n) is 11.1. The van der Waals surface area contributed by atoms with Gasteiger partial charge in [0.05, 0.1) is 0 Å². The first-order chi connectivity index (χ1) is 10.1. The van der Waals surface area contributed by atoms with Gasteiger partial charge in [-0.05, 0) is 41.5 Å². The molecule has 0 aliphatic carbocycles. The normalized spacial score (nSPS) is 10.5. The summed E-state index contributed by atoms with van der Waals surface area (Å²) >= 11 is 3.49. The Morgan fingerprint density at radius 1 is 0.619 bits per heavy atom. The Morgan fingerprint density at radius 2 is 1.05 bits per heavy atom. The number of rotatable bonds is 2. The van der Waals surface area contributed by atoms with Gasteiger partial charge in [-0.1, -0.05) is 52.3 Å². The van der Waals surface area contributed by atoms with Gasteiger partial charge in [0.1, 0.15) is 11.5 Å². The lowest BCUT2D eigenvalue weighted by atomic mass is 9.98. The van der Waals surface area contributed by atoms with Gasteiger partial charge in [0.2, 0.25) is 0 Å². The van der Waals surface area contributed by atoms with Crippen LogP contribution in [0.1, 0.15) is 0 Å². The minimum absolute atomic E-state index is 0.235. The number of phenolic OH excluding ortho intramolecular Hbond substituents is 2. The van der Waals surface area contributed by atoms with E-state index in [4.69, 9.17) is 0 Å². The van der Waals surface area contributed by atoms with Gasteiger partial charge in [-0.3, -0.25) is 0 Å². The third-order valence-corrected chi connectivity index (χ3v) is 3.79. The molecule has 3 aromatic carbocycles. The second kappa shape index (κ2) is 5.62. The fraction of sp³-hybridized carbons (Fsp3) is 0. The molecule has 3 heteroatoms. The molecule has 3 aromatic rings. The quantitative estimate of drug-likeness (QED) is 0.673. The standard InChI is InChI=1S/C18H13BrO2/c19-14-10-12(15-5-1-3-7-17(15)20)9-13(11-14)16-6-2-4-8-18(16)21/h1-11,20-21H. The van der Waals surface area contributed by atoms with E-state index in [1.54, 1.807) is 24.3 Å². The molecule has 0 saturated heterocycles. The van der Waals surface area contributed by atoms with E-state index >= 15 is 0 Å². The Labute approximate surface area is 131 Å². The monoisotopic (exact) mass is 340 g/mol. The molecule has 3 rings (SSSR count). The van der Waals surface area contributed by atoms with E-state index in [-0.39, 0.29) is 11.5 Å². The average molecular weight is 341 g/mol. The number of para-hydroxylation sites is 2. The molecule has 0 aliphatic rings. The summed E-state index contributed by atoms with van der Waals surface area (Å²) < 4.78 is 0.890. The molecule has 0 saturated carbocycles. The summed E-state index contributed by atoms with van der Waals surface area (Å²) in [6, 6.07) is 20.3. The van der Waals surface area contributed by atoms with Crippen molar-refractivity contribution in [1.29, 1.82) is 0 Å². The van der Waals surface area contributed by atoms with Crippen LogP contribution in [0.15, 0.2) is 71.2 Å². The van der Waals surface area contributed by atoms with Crippen LogP contribution < -0.4 is 0 Å². The Balaban J connectivity index is 2.18. The number of benzene rings is 3. The number of phenols is 2. The Kier molecular flexibility index (Phi) is 3.67. The summed E-state index contributed by atoms with van der Waals surface area (Å²) in [4.78, 5) is 0. The van der Waals surface area contributed by atoms with Crippen molar-refractivity contribution >= 4 is 15.9 Å². The van der Waals surface area contributed by atoms with Gasteiger partial charge in [0.15, 0.2) is 0 Å². The molecular formula is C18H13BrO2. The van der Waals surface area contributed by atoms with Crippen LogP contribution in [0.4, 0.5) is 0 Å². The van der Waals surface area contributed by atoms with Crippen LogP contribution in [0.2, 0.25) is 0 Å². The predicted molar refractivity (Wildman–Crippen MR) is 88.3 cm³/mol. The van der Waals surface area contributed by atoms with Crippen LogP contribution in [0, 0.1) is 0 Å². The summed E-state index contributed by atoms with van der Waals surface area (Å²) in [6.45, 7) is 0. The minimum atomic E-state index is 0.235. The van der Waals surface area contributed by atoms with E-state index in [1.807, 2.05) is 42.5 Å². The van der Waals surface area contributed by atoms with Gasteiger partial charge in [0.25, 0.3) is 0 Å². The maximum atomic E-state index is 10.0. The molecule has 0 heterocycles. The van der Waals surface area contributed by atoms with Crippen molar-refractivity contribution in [3.8, 4) is 33.8 Å². The summed E-state index contributed by atoms with van der Waals surface area (Å²) in [5.74, 6) is 0.470. The number of hydrogen-bond donors (Lipinski definition) is 2. The molecule has 0 aromatic heterocycles. The first kappa shape index (κ1) is 13.7. The lowest BCUT2D eigenvalue weighted by Gasteiger charge is -2.10. The van der Waals surface area contributed by atoms with Crippen molar-refractivity contribution in [2.24, 2.45) is 0 Å². The van der Waals surface area contributed by atoms with Gasteiger partial charge in [0, 0.05) is 15.6 Å². The molecule has 0 unspecified atom stereocenters. The van der Waals surface area contributed by atoms with Crippen LogP contribution in [0.5, 0.6) is 11.5 Å². The zero-order chi connectivity index (χ0) is 14.8. The molecule has 0 radical (unpaired) electrons. The lowest BCUT2D eigenvalue weighted by Crippen LogP contribution is -1.84. The summed E-state index contributed by atoms with van der Waals surface area (Å²) in [5.41, 5.74) is 3.30. The van der Waals surface area contributed by atoms with E-state index in [0.717, 1.165) is 26.7 Å². The third kappa shape index (κ3) is 2.78. The van der Waals surface area contributed by atoms with Crippen LogP contribution in [-0.2, 0) is 0 Å². The van der Waals surface area contributed by atoms with Crippen LogP contribution in [0.25, 0.3) is 22.3 Å². The predicted octanol–water partition coefficient (Wildman–Crippen LogP) is 5.19. The topological polar surface area (TPSA) is 40.5 Å². The van der Waals surface area contributed by atoms with Crippen molar-refractivity contribution in [1.82, 2.24) is 0 Å². The first-order valence-electron chi connectivity index (χ1n) is 6.52.